The second-order valence-corrected chi connectivity index (χ2v) is 9.75. The van der Waals surface area contributed by atoms with Crippen molar-refractivity contribution in [3.63, 3.8) is 0 Å². The molecule has 35 heavy (non-hydrogen) atoms. The topological polar surface area (TPSA) is 83.7 Å². The van der Waals surface area contributed by atoms with Crippen LogP contribution in [0.2, 0.25) is 5.02 Å². The Balaban J connectivity index is 1.56. The average molecular weight is 569 g/mol. The van der Waals surface area contributed by atoms with Gasteiger partial charge in [0.25, 0.3) is 5.91 Å². The van der Waals surface area contributed by atoms with E-state index in [0.29, 0.717) is 42.3 Å². The zero-order valence-electron chi connectivity index (χ0n) is 18.8. The number of methoxy groups -OCH3 is 1. The van der Waals surface area contributed by atoms with E-state index in [1.54, 1.807) is 31.4 Å². The van der Waals surface area contributed by atoms with Crippen molar-refractivity contribution in [3.05, 3.63) is 91.3 Å². The molecule has 3 aromatic rings. The van der Waals surface area contributed by atoms with E-state index in [0.717, 1.165) is 16.7 Å². The molecule has 0 aliphatic carbocycles. The molecule has 0 bridgehead atoms. The highest BCUT2D eigenvalue weighted by molar-refractivity contribution is 9.10. The average Bonchev–Trinajstić information content (AvgIpc) is 3.19. The number of nitrogens with zero attached hydrogens (tertiary/aromatic N) is 2. The Morgan fingerprint density at radius 3 is 2.80 bits per heavy atom. The molecule has 1 fully saturated rings. The summed E-state index contributed by atoms with van der Waals surface area (Å²) in [5, 5.41) is 13.2. The molecule has 3 aromatic carbocycles. The van der Waals surface area contributed by atoms with E-state index in [4.69, 9.17) is 21.1 Å². The third-order valence-corrected chi connectivity index (χ3v) is 7.08. The minimum absolute atomic E-state index is 0.208. The molecule has 0 radical (unpaired) electrons. The van der Waals surface area contributed by atoms with E-state index in [1.165, 1.54) is 11.8 Å². The zero-order chi connectivity index (χ0) is 24.9. The molecule has 0 unspecified atom stereocenters. The summed E-state index contributed by atoms with van der Waals surface area (Å²) < 4.78 is 12.2. The molecule has 1 aliphatic rings. The van der Waals surface area contributed by atoms with Gasteiger partial charge in [-0.05, 0) is 82.2 Å². The number of benzene rings is 3. The number of amides is 1. The van der Waals surface area contributed by atoms with E-state index in [2.05, 4.69) is 32.3 Å². The van der Waals surface area contributed by atoms with Gasteiger partial charge >= 0.3 is 0 Å². The number of halogens is 2. The maximum absolute atomic E-state index is 12.6. The number of hydrogen-bond donors (Lipinski definition) is 1. The molecule has 1 heterocycles. The van der Waals surface area contributed by atoms with Crippen molar-refractivity contribution >= 4 is 62.1 Å². The van der Waals surface area contributed by atoms with Gasteiger partial charge in [0.2, 0.25) is 0 Å². The van der Waals surface area contributed by atoms with E-state index in [1.807, 2.05) is 43.3 Å². The number of thioether (sulfide) groups is 1. The smallest absolute Gasteiger partial charge is 0.264 e. The van der Waals surface area contributed by atoms with Gasteiger partial charge in [-0.2, -0.15) is 5.26 Å². The normalized spacial score (nSPS) is 15.2. The third-order valence-electron chi connectivity index (χ3n) is 5.17. The van der Waals surface area contributed by atoms with Crippen molar-refractivity contribution in [3.8, 4) is 17.6 Å². The first-order valence-corrected chi connectivity index (χ1v) is 12.4. The summed E-state index contributed by atoms with van der Waals surface area (Å²) in [4.78, 5) is 17.6. The molecule has 1 amide bonds. The van der Waals surface area contributed by atoms with Gasteiger partial charge in [0.05, 0.1) is 33.8 Å². The van der Waals surface area contributed by atoms with Gasteiger partial charge in [0.15, 0.2) is 16.7 Å². The summed E-state index contributed by atoms with van der Waals surface area (Å²) in [5.41, 5.74) is 3.62. The Hall–Kier alpha value is -3.25. The molecule has 9 heteroatoms. The Morgan fingerprint density at radius 2 is 2.03 bits per heavy atom. The number of hydrogen-bond acceptors (Lipinski definition) is 6. The van der Waals surface area contributed by atoms with Crippen LogP contribution in [0.5, 0.6) is 11.5 Å². The minimum atomic E-state index is -0.239. The summed E-state index contributed by atoms with van der Waals surface area (Å²) in [6.45, 7) is 2.09. The molecule has 0 aromatic heterocycles. The van der Waals surface area contributed by atoms with Gasteiger partial charge in [0, 0.05) is 10.6 Å². The molecular formula is C26H19BrClN3O3S. The van der Waals surface area contributed by atoms with Crippen molar-refractivity contribution in [2.75, 3.05) is 7.11 Å². The van der Waals surface area contributed by atoms with Gasteiger partial charge < -0.3 is 14.8 Å². The van der Waals surface area contributed by atoms with Crippen molar-refractivity contribution in [2.24, 2.45) is 4.99 Å². The predicted octanol–water partition coefficient (Wildman–Crippen LogP) is 6.76. The summed E-state index contributed by atoms with van der Waals surface area (Å²) >= 11 is 11.0. The molecule has 1 saturated heterocycles. The number of aliphatic imine (C=N–C) groups is 1. The van der Waals surface area contributed by atoms with Gasteiger partial charge in [-0.15, -0.1) is 0 Å². The number of carbonyl (C=O) groups is 1. The van der Waals surface area contributed by atoms with Gasteiger partial charge in [-0.3, -0.25) is 4.79 Å². The zero-order valence-corrected chi connectivity index (χ0v) is 21.9. The summed E-state index contributed by atoms with van der Waals surface area (Å²) in [5.74, 6) is 0.758. The molecule has 176 valence electrons. The number of rotatable bonds is 6. The fraction of sp³-hybridized carbons (Fsp3) is 0.115. The van der Waals surface area contributed by atoms with Gasteiger partial charge in [0.1, 0.15) is 6.61 Å². The van der Waals surface area contributed by atoms with Gasteiger partial charge in [-0.25, -0.2) is 4.99 Å². The van der Waals surface area contributed by atoms with Crippen LogP contribution in [0, 0.1) is 18.3 Å². The molecular weight excluding hydrogens is 550 g/mol. The standard InChI is InChI=1S/C26H19BrClN3O3S/c1-15-20(28)8-5-9-21(15)30-26-31-25(32)23(35-26)12-16-10-19(27)24(22(11-16)33-2)34-14-18-7-4-3-6-17(18)13-29/h3-12H,14H2,1-2H3,(H,30,31,32)/b23-12+. The Labute approximate surface area is 220 Å². The highest BCUT2D eigenvalue weighted by Gasteiger charge is 2.24. The maximum Gasteiger partial charge on any atom is 0.264 e. The lowest BCUT2D eigenvalue weighted by atomic mass is 10.1. The molecule has 1 aliphatic heterocycles. The predicted molar refractivity (Wildman–Crippen MR) is 143 cm³/mol. The van der Waals surface area contributed by atoms with Crippen molar-refractivity contribution < 1.29 is 14.3 Å². The largest absolute Gasteiger partial charge is 0.493 e. The quantitative estimate of drug-likeness (QED) is 0.332. The minimum Gasteiger partial charge on any atom is -0.493 e. The van der Waals surface area contributed by atoms with Crippen LogP contribution in [-0.4, -0.2) is 18.2 Å². The lowest BCUT2D eigenvalue weighted by Crippen LogP contribution is -2.19. The van der Waals surface area contributed by atoms with Crippen LogP contribution in [0.15, 0.2) is 69.0 Å². The number of carbonyl (C=O) groups excluding carboxylic acids is 1. The lowest BCUT2D eigenvalue weighted by molar-refractivity contribution is -0.115. The number of nitrogens with one attached hydrogen (secondary N) is 1. The Morgan fingerprint density at radius 1 is 1.23 bits per heavy atom. The molecule has 0 atom stereocenters. The monoisotopic (exact) mass is 567 g/mol. The van der Waals surface area contributed by atoms with Crippen LogP contribution in [0.4, 0.5) is 5.69 Å². The second-order valence-electron chi connectivity index (χ2n) is 7.46. The Bertz CT molecular complexity index is 1420. The van der Waals surface area contributed by atoms with Gasteiger partial charge in [-0.1, -0.05) is 35.9 Å². The van der Waals surface area contributed by atoms with Crippen LogP contribution in [0.25, 0.3) is 6.08 Å². The third kappa shape index (κ3) is 5.70. The van der Waals surface area contributed by atoms with Crippen LogP contribution >= 0.6 is 39.3 Å². The molecule has 0 saturated carbocycles. The summed E-state index contributed by atoms with van der Waals surface area (Å²) in [6.07, 6.45) is 1.76. The van der Waals surface area contributed by atoms with E-state index in [-0.39, 0.29) is 12.5 Å². The lowest BCUT2D eigenvalue weighted by Gasteiger charge is -2.14. The molecule has 4 rings (SSSR count). The number of nitriles is 1. The first-order valence-electron chi connectivity index (χ1n) is 10.4. The fourth-order valence-corrected chi connectivity index (χ4v) is 4.91. The molecule has 6 nitrogen and oxygen atoms in total. The van der Waals surface area contributed by atoms with E-state index < -0.39 is 0 Å². The van der Waals surface area contributed by atoms with E-state index in [9.17, 15) is 10.1 Å². The van der Waals surface area contributed by atoms with E-state index >= 15 is 0 Å². The van der Waals surface area contributed by atoms with Crippen LogP contribution in [0.3, 0.4) is 0 Å². The number of ether oxygens (including phenoxy) is 2. The molecule has 1 N–H and O–H groups in total. The van der Waals surface area contributed by atoms with Crippen LogP contribution < -0.4 is 14.8 Å². The highest BCUT2D eigenvalue weighted by Crippen LogP contribution is 2.39. The first-order chi connectivity index (χ1) is 16.9. The summed E-state index contributed by atoms with van der Waals surface area (Å²) in [7, 11) is 1.55. The van der Waals surface area contributed by atoms with Crippen LogP contribution in [-0.2, 0) is 11.4 Å². The number of amidine groups is 1. The van der Waals surface area contributed by atoms with Crippen molar-refractivity contribution in [1.82, 2.24) is 5.32 Å². The maximum atomic E-state index is 12.6. The van der Waals surface area contributed by atoms with Crippen molar-refractivity contribution in [1.29, 1.82) is 5.26 Å². The Kier molecular flexibility index (Phi) is 7.81. The summed E-state index contributed by atoms with van der Waals surface area (Å²) in [6, 6.07) is 18.5. The fourth-order valence-electron chi connectivity index (χ4n) is 3.33. The first kappa shape index (κ1) is 24.9. The van der Waals surface area contributed by atoms with Crippen molar-refractivity contribution in [2.45, 2.75) is 13.5 Å². The highest BCUT2D eigenvalue weighted by atomic mass is 79.9. The van der Waals surface area contributed by atoms with Crippen LogP contribution in [0.1, 0.15) is 22.3 Å². The second kappa shape index (κ2) is 11.0. The molecule has 0 spiro atoms. The SMILES string of the molecule is COc1cc(/C=C2/SC(=Nc3cccc(Cl)c3C)NC2=O)cc(Br)c1OCc1ccccc1C#N.